The number of fused-ring (bicyclic) bond motifs is 1. The molecule has 2 aliphatic rings. The Labute approximate surface area is 122 Å². The molecule has 0 spiro atoms. The number of morpholine rings is 1. The van der Waals surface area contributed by atoms with E-state index in [0.717, 1.165) is 25.8 Å². The van der Waals surface area contributed by atoms with Gasteiger partial charge in [-0.3, -0.25) is 15.0 Å². The summed E-state index contributed by atoms with van der Waals surface area (Å²) in [5, 5.41) is 13.8. The van der Waals surface area contributed by atoms with Crippen molar-refractivity contribution in [3.05, 3.63) is 34.1 Å². The van der Waals surface area contributed by atoms with Gasteiger partial charge < -0.3 is 10.1 Å². The van der Waals surface area contributed by atoms with Crippen LogP contribution in [0.3, 0.4) is 0 Å². The SMILES string of the molecule is O=[N+]([O-])c1cc(F)cc(NCC2CN3CCCC3CO2)c1. The molecule has 0 aromatic heterocycles. The molecule has 2 heterocycles. The minimum absolute atomic E-state index is 0.0293. The fourth-order valence-corrected chi connectivity index (χ4v) is 3.02. The lowest BCUT2D eigenvalue weighted by atomic mass is 10.2. The first-order valence-corrected chi connectivity index (χ1v) is 7.16. The summed E-state index contributed by atoms with van der Waals surface area (Å²) in [7, 11) is 0. The van der Waals surface area contributed by atoms with Gasteiger partial charge in [-0.15, -0.1) is 0 Å². The molecule has 0 radical (unpaired) electrons. The fourth-order valence-electron chi connectivity index (χ4n) is 3.02. The van der Waals surface area contributed by atoms with Crippen molar-refractivity contribution in [1.82, 2.24) is 4.90 Å². The molecule has 0 saturated carbocycles. The van der Waals surface area contributed by atoms with E-state index in [1.807, 2.05) is 0 Å². The predicted octanol–water partition coefficient (Wildman–Crippen LogP) is 2.01. The zero-order chi connectivity index (χ0) is 14.8. The van der Waals surface area contributed by atoms with Crippen molar-refractivity contribution in [1.29, 1.82) is 0 Å². The van der Waals surface area contributed by atoms with Crippen LogP contribution < -0.4 is 5.32 Å². The van der Waals surface area contributed by atoms with Crippen LogP contribution in [-0.2, 0) is 4.74 Å². The van der Waals surface area contributed by atoms with Crippen LogP contribution in [0, 0.1) is 15.9 Å². The number of rotatable bonds is 4. The summed E-state index contributed by atoms with van der Waals surface area (Å²) in [5.41, 5.74) is 0.163. The second kappa shape index (κ2) is 5.95. The molecular formula is C14H18FN3O3. The van der Waals surface area contributed by atoms with E-state index in [2.05, 4.69) is 10.2 Å². The molecule has 2 aliphatic heterocycles. The fraction of sp³-hybridized carbons (Fsp3) is 0.571. The third kappa shape index (κ3) is 3.30. The maximum atomic E-state index is 13.3. The molecule has 1 aromatic rings. The quantitative estimate of drug-likeness (QED) is 0.680. The Morgan fingerprint density at radius 2 is 2.33 bits per heavy atom. The van der Waals surface area contributed by atoms with Gasteiger partial charge in [0.2, 0.25) is 0 Å². The highest BCUT2D eigenvalue weighted by Gasteiger charge is 2.31. The zero-order valence-electron chi connectivity index (χ0n) is 11.6. The van der Waals surface area contributed by atoms with E-state index >= 15 is 0 Å². The Balaban J connectivity index is 1.59. The van der Waals surface area contributed by atoms with Crippen molar-refractivity contribution in [2.24, 2.45) is 0 Å². The molecule has 2 unspecified atom stereocenters. The number of nitro groups is 1. The number of anilines is 1. The normalized spacial score (nSPS) is 25.6. The topological polar surface area (TPSA) is 67.6 Å². The molecule has 0 bridgehead atoms. The molecule has 114 valence electrons. The van der Waals surface area contributed by atoms with E-state index in [9.17, 15) is 14.5 Å². The van der Waals surface area contributed by atoms with Crippen LogP contribution in [0.4, 0.5) is 15.8 Å². The lowest BCUT2D eigenvalue weighted by molar-refractivity contribution is -0.385. The average Bonchev–Trinajstić information content (AvgIpc) is 2.92. The van der Waals surface area contributed by atoms with Gasteiger partial charge in [-0.25, -0.2) is 4.39 Å². The molecule has 2 atom stereocenters. The highest BCUT2D eigenvalue weighted by molar-refractivity contribution is 5.51. The van der Waals surface area contributed by atoms with E-state index in [1.54, 1.807) is 0 Å². The van der Waals surface area contributed by atoms with E-state index in [0.29, 0.717) is 18.3 Å². The van der Waals surface area contributed by atoms with Crippen LogP contribution >= 0.6 is 0 Å². The summed E-state index contributed by atoms with van der Waals surface area (Å²) in [6.07, 6.45) is 2.43. The van der Waals surface area contributed by atoms with E-state index in [1.165, 1.54) is 25.0 Å². The summed E-state index contributed by atoms with van der Waals surface area (Å²) >= 11 is 0. The Hall–Kier alpha value is -1.73. The molecule has 21 heavy (non-hydrogen) atoms. The van der Waals surface area contributed by atoms with Crippen LogP contribution in [-0.4, -0.2) is 48.2 Å². The smallest absolute Gasteiger partial charge is 0.274 e. The molecule has 1 aromatic carbocycles. The minimum atomic E-state index is -0.615. The third-order valence-electron chi connectivity index (χ3n) is 4.09. The van der Waals surface area contributed by atoms with Crippen LogP contribution in [0.15, 0.2) is 18.2 Å². The van der Waals surface area contributed by atoms with E-state index < -0.39 is 10.7 Å². The lowest BCUT2D eigenvalue weighted by Crippen LogP contribution is -2.48. The molecule has 0 aliphatic carbocycles. The van der Waals surface area contributed by atoms with E-state index in [-0.39, 0.29) is 11.8 Å². The summed E-state index contributed by atoms with van der Waals surface area (Å²) in [6, 6.07) is 4.05. The number of halogens is 1. The highest BCUT2D eigenvalue weighted by atomic mass is 19.1. The van der Waals surface area contributed by atoms with Crippen molar-refractivity contribution in [2.75, 3.05) is 31.6 Å². The Morgan fingerprint density at radius 3 is 3.14 bits per heavy atom. The van der Waals surface area contributed by atoms with Crippen molar-refractivity contribution in [3.63, 3.8) is 0 Å². The van der Waals surface area contributed by atoms with Crippen molar-refractivity contribution >= 4 is 11.4 Å². The monoisotopic (exact) mass is 295 g/mol. The maximum Gasteiger partial charge on any atom is 0.274 e. The lowest BCUT2D eigenvalue weighted by Gasteiger charge is -2.35. The second-order valence-electron chi connectivity index (χ2n) is 5.58. The summed E-state index contributed by atoms with van der Waals surface area (Å²) in [6.45, 7) is 3.21. The van der Waals surface area contributed by atoms with Crippen LogP contribution in [0.1, 0.15) is 12.8 Å². The molecule has 1 N–H and O–H groups in total. The van der Waals surface area contributed by atoms with Crippen molar-refractivity contribution in [3.8, 4) is 0 Å². The third-order valence-corrected chi connectivity index (χ3v) is 4.09. The van der Waals surface area contributed by atoms with Crippen molar-refractivity contribution < 1.29 is 14.1 Å². The molecule has 2 saturated heterocycles. The first kappa shape index (κ1) is 14.2. The van der Waals surface area contributed by atoms with Gasteiger partial charge in [0.25, 0.3) is 5.69 Å². The highest BCUT2D eigenvalue weighted by Crippen LogP contribution is 2.24. The molecule has 6 nitrogen and oxygen atoms in total. The predicted molar refractivity (Wildman–Crippen MR) is 75.9 cm³/mol. The second-order valence-corrected chi connectivity index (χ2v) is 5.58. The minimum Gasteiger partial charge on any atom is -0.382 e. The number of non-ortho nitro benzene ring substituents is 1. The summed E-state index contributed by atoms with van der Waals surface area (Å²) in [5.74, 6) is -0.615. The first-order valence-electron chi connectivity index (χ1n) is 7.16. The van der Waals surface area contributed by atoms with Crippen LogP contribution in [0.5, 0.6) is 0 Å². The number of nitrogens with zero attached hydrogens (tertiary/aromatic N) is 2. The number of benzene rings is 1. The first-order chi connectivity index (χ1) is 10.1. The molecule has 3 rings (SSSR count). The van der Waals surface area contributed by atoms with Gasteiger partial charge >= 0.3 is 0 Å². The Morgan fingerprint density at radius 1 is 1.48 bits per heavy atom. The molecule has 0 amide bonds. The molecule has 2 fully saturated rings. The summed E-state index contributed by atoms with van der Waals surface area (Å²) in [4.78, 5) is 12.5. The van der Waals surface area contributed by atoms with Crippen LogP contribution in [0.25, 0.3) is 0 Å². The number of ether oxygens (including phenoxy) is 1. The van der Waals surface area contributed by atoms with Gasteiger partial charge in [0.05, 0.1) is 23.7 Å². The number of nitro benzene ring substituents is 1. The maximum absolute atomic E-state index is 13.3. The standard InChI is InChI=1S/C14H18FN3O3/c15-10-4-11(6-13(5-10)18(19)20)16-7-14-8-17-3-1-2-12(17)9-21-14/h4-6,12,14,16H,1-3,7-9H2. The average molecular weight is 295 g/mol. The van der Waals surface area contributed by atoms with Gasteiger partial charge in [0.15, 0.2) is 0 Å². The largest absolute Gasteiger partial charge is 0.382 e. The Kier molecular flexibility index (Phi) is 4.03. The van der Waals surface area contributed by atoms with Gasteiger partial charge in [-0.05, 0) is 25.5 Å². The number of nitrogens with one attached hydrogen (secondary N) is 1. The molecule has 7 heteroatoms. The Bertz CT molecular complexity index is 540. The van der Waals surface area contributed by atoms with Gasteiger partial charge in [-0.2, -0.15) is 0 Å². The number of hydrogen-bond acceptors (Lipinski definition) is 5. The van der Waals surface area contributed by atoms with Gasteiger partial charge in [0.1, 0.15) is 5.82 Å². The van der Waals surface area contributed by atoms with E-state index in [4.69, 9.17) is 4.74 Å². The number of hydrogen-bond donors (Lipinski definition) is 1. The van der Waals surface area contributed by atoms with Crippen molar-refractivity contribution in [2.45, 2.75) is 25.0 Å². The van der Waals surface area contributed by atoms with Gasteiger partial charge in [0, 0.05) is 30.9 Å². The summed E-state index contributed by atoms with van der Waals surface area (Å²) < 4.78 is 19.1. The molecular weight excluding hydrogens is 277 g/mol. The zero-order valence-corrected chi connectivity index (χ0v) is 11.6. The van der Waals surface area contributed by atoms with Crippen LogP contribution in [0.2, 0.25) is 0 Å². The van der Waals surface area contributed by atoms with Gasteiger partial charge in [-0.1, -0.05) is 0 Å².